The number of benzene rings is 1. The number of aryl methyl sites for hydroxylation is 1. The molecule has 0 saturated carbocycles. The molecule has 0 bridgehead atoms. The summed E-state index contributed by atoms with van der Waals surface area (Å²) < 4.78 is 0. The monoisotopic (exact) mass is 288 g/mol. The summed E-state index contributed by atoms with van der Waals surface area (Å²) in [5.41, 5.74) is 1.03. The zero-order valence-electron chi connectivity index (χ0n) is 12.0. The molecule has 0 fully saturated rings. The minimum Gasteiger partial charge on any atom is -0.480 e. The number of carbonyl (C=O) groups is 2. The second kappa shape index (κ2) is 8.64. The first-order valence-corrected chi connectivity index (χ1v) is 6.80. The van der Waals surface area contributed by atoms with Crippen molar-refractivity contribution in [2.75, 3.05) is 0 Å². The molecule has 0 saturated heterocycles. The van der Waals surface area contributed by atoms with Crippen LogP contribution in [0.25, 0.3) is 0 Å². The summed E-state index contributed by atoms with van der Waals surface area (Å²) in [6.07, 6.45) is 6.46. The summed E-state index contributed by atoms with van der Waals surface area (Å²) in [5, 5.41) is 14.2. The largest absolute Gasteiger partial charge is 0.480 e. The van der Waals surface area contributed by atoms with Gasteiger partial charge in [0.05, 0.1) is 0 Å². The molecule has 112 valence electrons. The summed E-state index contributed by atoms with van der Waals surface area (Å²) in [5.74, 6) is 1.39. The van der Waals surface area contributed by atoms with Gasteiger partial charge in [-0.2, -0.15) is 0 Å². The quantitative estimate of drug-likeness (QED) is 0.669. The number of hydrogen-bond acceptors (Lipinski definition) is 2. The Kier molecular flexibility index (Phi) is 6.82. The molecule has 0 aliphatic rings. The molecule has 0 radical (unpaired) electrons. The van der Waals surface area contributed by atoms with Crippen LogP contribution in [0.15, 0.2) is 30.3 Å². The molecule has 0 heterocycles. The molecule has 0 spiro atoms. The van der Waals surface area contributed by atoms with E-state index >= 15 is 0 Å². The number of carboxylic acids is 1. The molecule has 1 unspecified atom stereocenters. The Hall–Kier alpha value is -2.48. The van der Waals surface area contributed by atoms with E-state index in [0.29, 0.717) is 19.3 Å². The van der Waals surface area contributed by atoms with Crippen LogP contribution in [0.3, 0.4) is 0 Å². The van der Waals surface area contributed by atoms with Crippen molar-refractivity contribution in [1.29, 1.82) is 0 Å². The Morgan fingerprint density at radius 3 is 2.52 bits per heavy atom. The van der Waals surface area contributed by atoms with Crippen LogP contribution in [0, 0.1) is 12.3 Å². The van der Waals surface area contributed by atoms with Crippen LogP contribution in [0.1, 0.15) is 25.3 Å². The van der Waals surface area contributed by atoms with Gasteiger partial charge in [-0.05, 0) is 25.3 Å². The van der Waals surface area contributed by atoms with Crippen LogP contribution < -0.4 is 10.6 Å². The minimum absolute atomic E-state index is 0.196. The molecule has 1 aromatic rings. The van der Waals surface area contributed by atoms with E-state index < -0.39 is 18.0 Å². The van der Waals surface area contributed by atoms with E-state index in [1.54, 1.807) is 6.92 Å². The Labute approximate surface area is 124 Å². The lowest BCUT2D eigenvalue weighted by atomic mass is 10.1. The van der Waals surface area contributed by atoms with Gasteiger partial charge in [-0.1, -0.05) is 30.3 Å². The maximum absolute atomic E-state index is 11.7. The van der Waals surface area contributed by atoms with E-state index in [1.165, 1.54) is 0 Å². The number of terminal acetylenes is 1. The van der Waals surface area contributed by atoms with Gasteiger partial charge in [0.2, 0.25) is 0 Å². The first-order valence-electron chi connectivity index (χ1n) is 6.80. The summed E-state index contributed by atoms with van der Waals surface area (Å²) in [6, 6.07) is 7.90. The average molecular weight is 288 g/mol. The highest BCUT2D eigenvalue weighted by Gasteiger charge is 2.20. The number of nitrogens with one attached hydrogen (secondary N) is 2. The molecule has 0 aromatic heterocycles. The fourth-order valence-corrected chi connectivity index (χ4v) is 1.86. The van der Waals surface area contributed by atoms with E-state index in [2.05, 4.69) is 16.6 Å². The number of aliphatic carboxylic acids is 1. The van der Waals surface area contributed by atoms with Crippen LogP contribution in [-0.4, -0.2) is 29.2 Å². The SMILES string of the molecule is C#CCC(C)NC(=O)N[C@@H](CCc1ccccc1)C(=O)O. The van der Waals surface area contributed by atoms with Crippen molar-refractivity contribution in [2.24, 2.45) is 0 Å². The van der Waals surface area contributed by atoms with Gasteiger partial charge in [-0.25, -0.2) is 9.59 Å². The van der Waals surface area contributed by atoms with Crippen molar-refractivity contribution in [3.63, 3.8) is 0 Å². The average Bonchev–Trinajstić information content (AvgIpc) is 2.44. The molecule has 2 amide bonds. The fraction of sp³-hybridized carbons (Fsp3) is 0.375. The van der Waals surface area contributed by atoms with Gasteiger partial charge in [-0.3, -0.25) is 0 Å². The van der Waals surface area contributed by atoms with Crippen LogP contribution in [0.2, 0.25) is 0 Å². The molecule has 1 rings (SSSR count). The van der Waals surface area contributed by atoms with E-state index in [-0.39, 0.29) is 6.04 Å². The third kappa shape index (κ3) is 6.48. The van der Waals surface area contributed by atoms with Crippen LogP contribution >= 0.6 is 0 Å². The molecule has 5 heteroatoms. The minimum atomic E-state index is -1.05. The fourth-order valence-electron chi connectivity index (χ4n) is 1.86. The highest BCUT2D eigenvalue weighted by atomic mass is 16.4. The van der Waals surface area contributed by atoms with Gasteiger partial charge in [0.15, 0.2) is 0 Å². The van der Waals surface area contributed by atoms with Crippen molar-refractivity contribution in [3.05, 3.63) is 35.9 Å². The van der Waals surface area contributed by atoms with Crippen molar-refractivity contribution in [3.8, 4) is 12.3 Å². The standard InChI is InChI=1S/C16H20N2O3/c1-3-7-12(2)17-16(21)18-14(15(19)20)11-10-13-8-5-4-6-9-13/h1,4-6,8-9,12,14H,7,10-11H2,2H3,(H,19,20)(H2,17,18,21)/t12?,14-/m0/s1. The van der Waals surface area contributed by atoms with Crippen molar-refractivity contribution < 1.29 is 14.7 Å². The third-order valence-electron chi connectivity index (χ3n) is 2.97. The predicted molar refractivity (Wildman–Crippen MR) is 80.8 cm³/mol. The van der Waals surface area contributed by atoms with Gasteiger partial charge in [0.1, 0.15) is 6.04 Å². The first kappa shape index (κ1) is 16.6. The maximum atomic E-state index is 11.7. The molecule has 0 aliphatic heterocycles. The van der Waals surface area contributed by atoms with Crippen LogP contribution in [0.4, 0.5) is 4.79 Å². The molecule has 5 nitrogen and oxygen atoms in total. The van der Waals surface area contributed by atoms with Gasteiger partial charge in [-0.15, -0.1) is 12.3 Å². The first-order chi connectivity index (χ1) is 10.0. The molecule has 2 atom stereocenters. The molecular weight excluding hydrogens is 268 g/mol. The number of amides is 2. The molecular formula is C16H20N2O3. The summed E-state index contributed by atoms with van der Waals surface area (Å²) in [6.45, 7) is 1.76. The number of rotatable bonds is 7. The number of carbonyl (C=O) groups excluding carboxylic acids is 1. The zero-order valence-corrected chi connectivity index (χ0v) is 12.0. The lowest BCUT2D eigenvalue weighted by molar-refractivity contribution is -0.139. The third-order valence-corrected chi connectivity index (χ3v) is 2.97. The summed E-state index contributed by atoms with van der Waals surface area (Å²) >= 11 is 0. The van der Waals surface area contributed by atoms with Gasteiger partial charge in [0.25, 0.3) is 0 Å². The van der Waals surface area contributed by atoms with E-state index in [4.69, 9.17) is 11.5 Å². The van der Waals surface area contributed by atoms with E-state index in [1.807, 2.05) is 30.3 Å². The van der Waals surface area contributed by atoms with Crippen molar-refractivity contribution in [2.45, 2.75) is 38.3 Å². The normalized spacial score (nSPS) is 12.8. The number of carboxylic acid groups (broad SMARTS) is 1. The van der Waals surface area contributed by atoms with Gasteiger partial charge < -0.3 is 15.7 Å². The van der Waals surface area contributed by atoms with Gasteiger partial charge in [0, 0.05) is 12.5 Å². The highest BCUT2D eigenvalue weighted by molar-refractivity contribution is 5.82. The Morgan fingerprint density at radius 1 is 1.29 bits per heavy atom. The molecule has 0 aliphatic carbocycles. The Bertz CT molecular complexity index is 508. The Morgan fingerprint density at radius 2 is 1.95 bits per heavy atom. The summed E-state index contributed by atoms with van der Waals surface area (Å²) in [7, 11) is 0. The van der Waals surface area contributed by atoms with Crippen LogP contribution in [-0.2, 0) is 11.2 Å². The van der Waals surface area contributed by atoms with Crippen molar-refractivity contribution in [1.82, 2.24) is 10.6 Å². The molecule has 21 heavy (non-hydrogen) atoms. The van der Waals surface area contributed by atoms with Gasteiger partial charge >= 0.3 is 12.0 Å². The lowest BCUT2D eigenvalue weighted by Crippen LogP contribution is -2.48. The number of hydrogen-bond donors (Lipinski definition) is 3. The topological polar surface area (TPSA) is 78.4 Å². The Balaban J connectivity index is 2.48. The zero-order chi connectivity index (χ0) is 15.7. The second-order valence-electron chi connectivity index (χ2n) is 4.84. The predicted octanol–water partition coefficient (Wildman–Crippen LogP) is 1.78. The lowest BCUT2D eigenvalue weighted by Gasteiger charge is -2.17. The molecule has 1 aromatic carbocycles. The second-order valence-corrected chi connectivity index (χ2v) is 4.84. The van der Waals surface area contributed by atoms with E-state index in [0.717, 1.165) is 5.56 Å². The van der Waals surface area contributed by atoms with Crippen molar-refractivity contribution >= 4 is 12.0 Å². The molecule has 3 N–H and O–H groups in total. The van der Waals surface area contributed by atoms with Crippen LogP contribution in [0.5, 0.6) is 0 Å². The number of urea groups is 1. The summed E-state index contributed by atoms with van der Waals surface area (Å²) in [4.78, 5) is 22.9. The smallest absolute Gasteiger partial charge is 0.326 e. The maximum Gasteiger partial charge on any atom is 0.326 e. The highest BCUT2D eigenvalue weighted by Crippen LogP contribution is 2.05. The van der Waals surface area contributed by atoms with E-state index in [9.17, 15) is 9.59 Å².